The SMILES string of the molecule is Cc1cccnc1C1CCN(S(=O)(=O)c2ccc(Br)cc2)CC1. The molecule has 23 heavy (non-hydrogen) atoms. The lowest BCUT2D eigenvalue weighted by Crippen LogP contribution is -2.38. The number of piperidine rings is 1. The smallest absolute Gasteiger partial charge is 0.243 e. The highest BCUT2D eigenvalue weighted by Gasteiger charge is 2.30. The van der Waals surface area contributed by atoms with Crippen molar-refractivity contribution in [2.24, 2.45) is 0 Å². The Morgan fingerprint density at radius 1 is 1.13 bits per heavy atom. The Kier molecular flexibility index (Phi) is 4.85. The molecule has 0 atom stereocenters. The normalized spacial score (nSPS) is 17.3. The summed E-state index contributed by atoms with van der Waals surface area (Å²) in [6.07, 6.45) is 3.44. The molecule has 2 aromatic rings. The van der Waals surface area contributed by atoms with E-state index in [0.29, 0.717) is 23.9 Å². The minimum atomic E-state index is -3.40. The predicted molar refractivity (Wildman–Crippen MR) is 93.8 cm³/mol. The monoisotopic (exact) mass is 394 g/mol. The van der Waals surface area contributed by atoms with Crippen LogP contribution in [0.15, 0.2) is 52.0 Å². The van der Waals surface area contributed by atoms with Gasteiger partial charge in [-0.1, -0.05) is 22.0 Å². The molecule has 4 nitrogen and oxygen atoms in total. The minimum Gasteiger partial charge on any atom is -0.261 e. The van der Waals surface area contributed by atoms with Gasteiger partial charge >= 0.3 is 0 Å². The molecule has 0 amide bonds. The van der Waals surface area contributed by atoms with Gasteiger partial charge in [-0.05, 0) is 55.7 Å². The number of nitrogens with zero attached hydrogens (tertiary/aromatic N) is 2. The van der Waals surface area contributed by atoms with Crippen LogP contribution in [0, 0.1) is 6.92 Å². The Hall–Kier alpha value is -1.24. The molecule has 0 spiro atoms. The third-order valence-electron chi connectivity index (χ3n) is 4.34. The summed E-state index contributed by atoms with van der Waals surface area (Å²) in [5, 5.41) is 0. The van der Waals surface area contributed by atoms with Gasteiger partial charge in [0.05, 0.1) is 4.90 Å². The van der Waals surface area contributed by atoms with E-state index < -0.39 is 10.0 Å². The highest BCUT2D eigenvalue weighted by Crippen LogP contribution is 2.31. The second-order valence-corrected chi connectivity index (χ2v) is 8.69. The molecule has 1 aromatic carbocycles. The zero-order valence-electron chi connectivity index (χ0n) is 12.9. The summed E-state index contributed by atoms with van der Waals surface area (Å²) in [6.45, 7) is 3.14. The Labute approximate surface area is 145 Å². The molecule has 0 radical (unpaired) electrons. The van der Waals surface area contributed by atoms with Crippen LogP contribution in [0.25, 0.3) is 0 Å². The van der Waals surface area contributed by atoms with E-state index in [-0.39, 0.29) is 0 Å². The summed E-state index contributed by atoms with van der Waals surface area (Å²) in [7, 11) is -3.40. The van der Waals surface area contributed by atoms with E-state index in [1.165, 1.54) is 5.56 Å². The van der Waals surface area contributed by atoms with Crippen molar-refractivity contribution in [1.29, 1.82) is 0 Å². The van der Waals surface area contributed by atoms with E-state index in [1.54, 1.807) is 28.6 Å². The van der Waals surface area contributed by atoms with Gasteiger partial charge in [0.1, 0.15) is 0 Å². The van der Waals surface area contributed by atoms with Gasteiger partial charge in [-0.15, -0.1) is 0 Å². The van der Waals surface area contributed by atoms with E-state index in [4.69, 9.17) is 0 Å². The molecule has 1 aliphatic rings. The molecular formula is C17H19BrN2O2S. The molecule has 0 aliphatic carbocycles. The lowest BCUT2D eigenvalue weighted by molar-refractivity contribution is 0.316. The van der Waals surface area contributed by atoms with Crippen LogP contribution in [0.5, 0.6) is 0 Å². The van der Waals surface area contributed by atoms with Crippen molar-refractivity contribution in [3.8, 4) is 0 Å². The van der Waals surface area contributed by atoms with Crippen LogP contribution < -0.4 is 0 Å². The fourth-order valence-electron chi connectivity index (χ4n) is 3.05. The van der Waals surface area contributed by atoms with Gasteiger partial charge < -0.3 is 0 Å². The van der Waals surface area contributed by atoms with E-state index in [2.05, 4.69) is 33.9 Å². The molecule has 2 heterocycles. The molecule has 1 aliphatic heterocycles. The average molecular weight is 395 g/mol. The number of sulfonamides is 1. The quantitative estimate of drug-likeness (QED) is 0.796. The van der Waals surface area contributed by atoms with Crippen molar-refractivity contribution in [2.45, 2.75) is 30.6 Å². The largest absolute Gasteiger partial charge is 0.261 e. The molecule has 3 rings (SSSR count). The van der Waals surface area contributed by atoms with Crippen molar-refractivity contribution >= 4 is 26.0 Å². The summed E-state index contributed by atoms with van der Waals surface area (Å²) in [6, 6.07) is 10.8. The number of aryl methyl sites for hydroxylation is 1. The number of aromatic nitrogens is 1. The van der Waals surface area contributed by atoms with E-state index in [1.807, 2.05) is 12.3 Å². The van der Waals surface area contributed by atoms with Crippen molar-refractivity contribution in [3.63, 3.8) is 0 Å². The number of rotatable bonds is 3. The maximum Gasteiger partial charge on any atom is 0.243 e. The van der Waals surface area contributed by atoms with Crippen molar-refractivity contribution in [1.82, 2.24) is 9.29 Å². The highest BCUT2D eigenvalue weighted by atomic mass is 79.9. The van der Waals surface area contributed by atoms with E-state index >= 15 is 0 Å². The third kappa shape index (κ3) is 3.49. The summed E-state index contributed by atoms with van der Waals surface area (Å²) in [5.41, 5.74) is 2.29. The number of benzene rings is 1. The molecule has 1 fully saturated rings. The molecular weight excluding hydrogens is 376 g/mol. The van der Waals surface area contributed by atoms with Crippen molar-refractivity contribution < 1.29 is 8.42 Å². The molecule has 0 saturated carbocycles. The first-order valence-electron chi connectivity index (χ1n) is 7.66. The Morgan fingerprint density at radius 2 is 1.78 bits per heavy atom. The van der Waals surface area contributed by atoms with Crippen molar-refractivity contribution in [2.75, 3.05) is 13.1 Å². The van der Waals surface area contributed by atoms with Gasteiger partial charge in [0, 0.05) is 35.4 Å². The van der Waals surface area contributed by atoms with Gasteiger partial charge in [0.25, 0.3) is 0 Å². The molecule has 0 unspecified atom stereocenters. The first kappa shape index (κ1) is 16.6. The predicted octanol–water partition coefficient (Wildman–Crippen LogP) is 3.72. The Morgan fingerprint density at radius 3 is 2.39 bits per heavy atom. The fraction of sp³-hybridized carbons (Fsp3) is 0.353. The summed E-state index contributed by atoms with van der Waals surface area (Å²) >= 11 is 3.33. The summed E-state index contributed by atoms with van der Waals surface area (Å²) < 4.78 is 27.9. The van der Waals surface area contributed by atoms with Gasteiger partial charge in [-0.3, -0.25) is 4.98 Å². The first-order valence-corrected chi connectivity index (χ1v) is 9.89. The second-order valence-electron chi connectivity index (χ2n) is 5.84. The van der Waals surface area contributed by atoms with Crippen LogP contribution in [0.2, 0.25) is 0 Å². The van der Waals surface area contributed by atoms with Crippen LogP contribution in [-0.2, 0) is 10.0 Å². The number of pyridine rings is 1. The average Bonchev–Trinajstić information content (AvgIpc) is 2.56. The number of hydrogen-bond acceptors (Lipinski definition) is 3. The highest BCUT2D eigenvalue weighted by molar-refractivity contribution is 9.10. The van der Waals surface area contributed by atoms with E-state index in [0.717, 1.165) is 23.0 Å². The molecule has 122 valence electrons. The van der Waals surface area contributed by atoms with Gasteiger partial charge in [-0.25, -0.2) is 8.42 Å². The van der Waals surface area contributed by atoms with Crippen LogP contribution in [0.3, 0.4) is 0 Å². The Balaban J connectivity index is 1.74. The number of hydrogen-bond donors (Lipinski definition) is 0. The maximum atomic E-state index is 12.7. The molecule has 6 heteroatoms. The zero-order valence-corrected chi connectivity index (χ0v) is 15.3. The van der Waals surface area contributed by atoms with Gasteiger partial charge in [0.15, 0.2) is 0 Å². The Bertz CT molecular complexity index is 782. The molecule has 1 saturated heterocycles. The first-order chi connectivity index (χ1) is 11.0. The van der Waals surface area contributed by atoms with Gasteiger partial charge in [-0.2, -0.15) is 4.31 Å². The van der Waals surface area contributed by atoms with Crippen LogP contribution in [-0.4, -0.2) is 30.8 Å². The number of halogens is 1. The van der Waals surface area contributed by atoms with Crippen molar-refractivity contribution in [3.05, 3.63) is 58.3 Å². The standard InChI is InChI=1S/C17H19BrN2O2S/c1-13-3-2-10-19-17(13)14-8-11-20(12-9-14)23(21,22)16-6-4-15(18)5-7-16/h2-7,10,14H,8-9,11-12H2,1H3. The maximum absolute atomic E-state index is 12.7. The van der Waals surface area contributed by atoms with E-state index in [9.17, 15) is 8.42 Å². The summed E-state index contributed by atoms with van der Waals surface area (Å²) in [5.74, 6) is 0.340. The topological polar surface area (TPSA) is 50.3 Å². The second kappa shape index (κ2) is 6.71. The molecule has 1 aromatic heterocycles. The van der Waals surface area contributed by atoms with Crippen LogP contribution >= 0.6 is 15.9 Å². The zero-order chi connectivity index (χ0) is 16.4. The molecule has 0 bridgehead atoms. The lowest BCUT2D eigenvalue weighted by atomic mass is 9.92. The van der Waals surface area contributed by atoms with Crippen LogP contribution in [0.1, 0.15) is 30.0 Å². The third-order valence-corrected chi connectivity index (χ3v) is 6.78. The van der Waals surface area contributed by atoms with Crippen LogP contribution in [0.4, 0.5) is 0 Å². The molecule has 0 N–H and O–H groups in total. The summed E-state index contributed by atoms with van der Waals surface area (Å²) in [4.78, 5) is 4.84. The van der Waals surface area contributed by atoms with Gasteiger partial charge in [0.2, 0.25) is 10.0 Å². The minimum absolute atomic E-state index is 0.340. The fourth-order valence-corrected chi connectivity index (χ4v) is 4.78. The lowest BCUT2D eigenvalue weighted by Gasteiger charge is -2.31.